The molecule has 1 unspecified atom stereocenters. The Hall–Kier alpha value is -2.32. The molecule has 19 heavy (non-hydrogen) atoms. The molecule has 0 radical (unpaired) electrons. The minimum atomic E-state index is -0.654. The van der Waals surface area contributed by atoms with Crippen LogP contribution in [-0.2, 0) is 9.53 Å². The number of nitrogens with one attached hydrogen (secondary N) is 1. The molecule has 8 heteroatoms. The second-order valence-electron chi connectivity index (χ2n) is 3.75. The highest BCUT2D eigenvalue weighted by atomic mass is 16.5. The van der Waals surface area contributed by atoms with E-state index >= 15 is 0 Å². The van der Waals surface area contributed by atoms with Gasteiger partial charge in [-0.2, -0.15) is 0 Å². The Morgan fingerprint density at radius 1 is 1.47 bits per heavy atom. The lowest BCUT2D eigenvalue weighted by molar-refractivity contribution is -0.125. The lowest BCUT2D eigenvalue weighted by atomic mass is 10.2. The number of ether oxygens (including phenoxy) is 1. The summed E-state index contributed by atoms with van der Waals surface area (Å²) in [5.74, 6) is -0.278. The first-order chi connectivity index (χ1) is 9.24. The van der Waals surface area contributed by atoms with Crippen molar-refractivity contribution < 1.29 is 9.53 Å². The van der Waals surface area contributed by atoms with Gasteiger partial charge in [-0.3, -0.25) is 4.79 Å². The van der Waals surface area contributed by atoms with Crippen LogP contribution in [0, 0.1) is 0 Å². The number of methoxy groups -OCH3 is 1. The summed E-state index contributed by atoms with van der Waals surface area (Å²) >= 11 is 0. The number of anilines is 1. The zero-order chi connectivity index (χ0) is 13.7. The normalized spacial score (nSPS) is 12.1. The van der Waals surface area contributed by atoms with Crippen LogP contribution in [0.2, 0.25) is 0 Å². The lowest BCUT2D eigenvalue weighted by Gasteiger charge is -2.13. The van der Waals surface area contributed by atoms with E-state index in [1.165, 1.54) is 18.1 Å². The number of nitrogens with zero attached hydrogens (tertiary/aromatic N) is 4. The Morgan fingerprint density at radius 2 is 2.21 bits per heavy atom. The van der Waals surface area contributed by atoms with Crippen LogP contribution in [0.5, 0.6) is 0 Å². The Kier molecular flexibility index (Phi) is 4.16. The van der Waals surface area contributed by atoms with Gasteiger partial charge in [0.05, 0.1) is 5.69 Å². The van der Waals surface area contributed by atoms with E-state index in [1.54, 1.807) is 24.3 Å². The highest BCUT2D eigenvalue weighted by Crippen LogP contribution is 2.12. The molecule has 0 aliphatic rings. The van der Waals surface area contributed by atoms with Crippen molar-refractivity contribution >= 4 is 11.6 Å². The molecule has 0 saturated carbocycles. The first kappa shape index (κ1) is 13.1. The zero-order valence-corrected chi connectivity index (χ0v) is 10.4. The monoisotopic (exact) mass is 262 g/mol. The third-order valence-corrected chi connectivity index (χ3v) is 2.54. The maximum Gasteiger partial charge on any atom is 0.254 e. The maximum absolute atomic E-state index is 11.7. The van der Waals surface area contributed by atoms with Gasteiger partial charge in [0.2, 0.25) is 0 Å². The molecule has 2 rings (SSSR count). The first-order valence-corrected chi connectivity index (χ1v) is 5.61. The van der Waals surface area contributed by atoms with Crippen LogP contribution in [-0.4, -0.2) is 45.9 Å². The van der Waals surface area contributed by atoms with Crippen molar-refractivity contribution in [2.75, 3.05) is 19.0 Å². The first-order valence-electron chi connectivity index (χ1n) is 5.61. The summed E-state index contributed by atoms with van der Waals surface area (Å²) in [7, 11) is 1.44. The fourth-order valence-electron chi connectivity index (χ4n) is 1.51. The minimum absolute atomic E-state index is 0.130. The van der Waals surface area contributed by atoms with Crippen LogP contribution in [0.1, 0.15) is 0 Å². The Bertz CT molecular complexity index is 521. The van der Waals surface area contributed by atoms with Gasteiger partial charge in [0, 0.05) is 19.3 Å². The minimum Gasteiger partial charge on any atom is -0.370 e. The van der Waals surface area contributed by atoms with Crippen LogP contribution in [0.15, 0.2) is 30.6 Å². The molecule has 8 nitrogen and oxygen atoms in total. The Balaban J connectivity index is 2.05. The molecule has 1 amide bonds. The van der Waals surface area contributed by atoms with Gasteiger partial charge >= 0.3 is 0 Å². The second kappa shape index (κ2) is 6.03. The number of benzene rings is 1. The smallest absolute Gasteiger partial charge is 0.254 e. The van der Waals surface area contributed by atoms with E-state index in [4.69, 9.17) is 10.5 Å². The summed E-state index contributed by atoms with van der Waals surface area (Å²) in [5.41, 5.74) is 6.86. The largest absolute Gasteiger partial charge is 0.370 e. The Morgan fingerprint density at radius 3 is 2.74 bits per heavy atom. The van der Waals surface area contributed by atoms with Gasteiger partial charge in [-0.25, -0.2) is 4.68 Å². The number of aromatic nitrogens is 4. The van der Waals surface area contributed by atoms with E-state index in [-0.39, 0.29) is 12.5 Å². The number of hydrogen-bond acceptors (Lipinski definition) is 6. The van der Waals surface area contributed by atoms with Crippen molar-refractivity contribution in [3.05, 3.63) is 30.6 Å². The molecule has 1 aromatic heterocycles. The summed E-state index contributed by atoms with van der Waals surface area (Å²) in [6.45, 7) is 0.130. The van der Waals surface area contributed by atoms with E-state index < -0.39 is 6.10 Å². The van der Waals surface area contributed by atoms with E-state index in [0.717, 1.165) is 5.69 Å². The number of hydrogen-bond donors (Lipinski definition) is 2. The molecular weight excluding hydrogens is 248 g/mol. The molecular formula is C11H14N6O2. The van der Waals surface area contributed by atoms with Crippen molar-refractivity contribution in [2.24, 2.45) is 5.73 Å². The topological polar surface area (TPSA) is 108 Å². The van der Waals surface area contributed by atoms with Gasteiger partial charge in [0.25, 0.3) is 5.91 Å². The van der Waals surface area contributed by atoms with Crippen LogP contribution in [0.25, 0.3) is 5.69 Å². The van der Waals surface area contributed by atoms with Crippen molar-refractivity contribution in [2.45, 2.75) is 6.10 Å². The zero-order valence-electron chi connectivity index (χ0n) is 10.4. The van der Waals surface area contributed by atoms with E-state index in [0.29, 0.717) is 5.69 Å². The average molecular weight is 262 g/mol. The summed E-state index contributed by atoms with van der Waals surface area (Å²) in [5, 5.41) is 13.6. The molecule has 0 bridgehead atoms. The van der Waals surface area contributed by atoms with E-state index in [2.05, 4.69) is 20.8 Å². The predicted molar refractivity (Wildman–Crippen MR) is 67.6 cm³/mol. The van der Waals surface area contributed by atoms with Crippen molar-refractivity contribution in [3.8, 4) is 5.69 Å². The van der Waals surface area contributed by atoms with Crippen molar-refractivity contribution in [1.29, 1.82) is 0 Å². The molecule has 1 heterocycles. The van der Waals surface area contributed by atoms with Crippen molar-refractivity contribution in [3.63, 3.8) is 0 Å². The molecule has 1 aromatic carbocycles. The summed E-state index contributed by atoms with van der Waals surface area (Å²) in [6.07, 6.45) is 0.836. The van der Waals surface area contributed by atoms with Gasteiger partial charge in [-0.15, -0.1) is 5.10 Å². The maximum atomic E-state index is 11.7. The van der Waals surface area contributed by atoms with E-state index in [1.807, 2.05) is 0 Å². The number of nitrogens with two attached hydrogens (primary N) is 1. The molecule has 0 saturated heterocycles. The fourth-order valence-corrected chi connectivity index (χ4v) is 1.51. The summed E-state index contributed by atoms with van der Waals surface area (Å²) < 4.78 is 6.47. The van der Waals surface area contributed by atoms with Crippen molar-refractivity contribution in [1.82, 2.24) is 20.2 Å². The van der Waals surface area contributed by atoms with Gasteiger partial charge in [-0.1, -0.05) is 0 Å². The SMILES string of the molecule is COC(CN)C(=O)Nc1ccc(-n2cnnn2)cc1. The molecule has 0 aliphatic heterocycles. The third-order valence-electron chi connectivity index (χ3n) is 2.54. The van der Waals surface area contributed by atoms with Crippen LogP contribution in [0.3, 0.4) is 0 Å². The fraction of sp³-hybridized carbons (Fsp3) is 0.273. The molecule has 3 N–H and O–H groups in total. The number of rotatable bonds is 5. The van der Waals surface area contributed by atoms with Gasteiger partial charge in [0.1, 0.15) is 12.4 Å². The lowest BCUT2D eigenvalue weighted by Crippen LogP contribution is -2.35. The quantitative estimate of drug-likeness (QED) is 0.757. The number of amides is 1. The second-order valence-corrected chi connectivity index (χ2v) is 3.75. The highest BCUT2D eigenvalue weighted by Gasteiger charge is 2.15. The van der Waals surface area contributed by atoms with E-state index in [9.17, 15) is 4.79 Å². The highest BCUT2D eigenvalue weighted by molar-refractivity contribution is 5.94. The van der Waals surface area contributed by atoms with Gasteiger partial charge in [-0.05, 0) is 34.7 Å². The molecule has 0 aliphatic carbocycles. The van der Waals surface area contributed by atoms with Gasteiger partial charge in [0.15, 0.2) is 0 Å². The molecule has 100 valence electrons. The van der Waals surface area contributed by atoms with Gasteiger partial charge < -0.3 is 15.8 Å². The average Bonchev–Trinajstić information content (AvgIpc) is 2.95. The summed E-state index contributed by atoms with van der Waals surface area (Å²) in [4.78, 5) is 11.7. The molecule has 1 atom stereocenters. The molecule has 0 fully saturated rings. The number of carbonyl (C=O) groups excluding carboxylic acids is 1. The number of tetrazole rings is 1. The van der Waals surface area contributed by atoms with Crippen LogP contribution in [0.4, 0.5) is 5.69 Å². The Labute approximate surface area is 109 Å². The number of carbonyl (C=O) groups is 1. The van der Waals surface area contributed by atoms with Crippen LogP contribution < -0.4 is 11.1 Å². The standard InChI is InChI=1S/C11H14N6O2/c1-19-10(6-12)11(18)14-8-2-4-9(5-3-8)17-7-13-15-16-17/h2-5,7,10H,6,12H2,1H3,(H,14,18). The third kappa shape index (κ3) is 3.12. The molecule has 2 aromatic rings. The molecule has 0 spiro atoms. The predicted octanol–water partition coefficient (Wildman–Crippen LogP) is -0.425. The van der Waals surface area contributed by atoms with Crippen LogP contribution >= 0.6 is 0 Å². The summed E-state index contributed by atoms with van der Waals surface area (Å²) in [6, 6.07) is 7.07.